The molecule has 0 radical (unpaired) electrons. The Morgan fingerprint density at radius 3 is 2.32 bits per heavy atom. The third kappa shape index (κ3) is 4.54. The van der Waals surface area contributed by atoms with E-state index in [1.54, 1.807) is 30.3 Å². The minimum Gasteiger partial charge on any atom is -0.377 e. The van der Waals surface area contributed by atoms with Crippen molar-refractivity contribution in [3.05, 3.63) is 63.2 Å². The van der Waals surface area contributed by atoms with Crippen LogP contribution >= 0.6 is 11.6 Å². The second-order valence-corrected chi connectivity index (χ2v) is 7.48. The second-order valence-electron chi connectivity index (χ2n) is 7.04. The summed E-state index contributed by atoms with van der Waals surface area (Å²) in [6, 6.07) is 12.1. The zero-order valence-corrected chi connectivity index (χ0v) is 16.6. The molecule has 1 aliphatic heterocycles. The van der Waals surface area contributed by atoms with Gasteiger partial charge in [-0.3, -0.25) is 14.9 Å². The molecule has 28 heavy (non-hydrogen) atoms. The van der Waals surface area contributed by atoms with Crippen molar-refractivity contribution in [2.45, 2.75) is 19.9 Å². The molecule has 1 heterocycles. The summed E-state index contributed by atoms with van der Waals surface area (Å²) < 4.78 is 0. The Morgan fingerprint density at radius 1 is 1.11 bits per heavy atom. The number of amides is 1. The third-order valence-electron chi connectivity index (χ3n) is 4.64. The molecule has 0 atom stereocenters. The highest BCUT2D eigenvalue weighted by molar-refractivity contribution is 6.30. The van der Waals surface area contributed by atoms with Gasteiger partial charge in [-0.05, 0) is 50.2 Å². The van der Waals surface area contributed by atoms with Gasteiger partial charge < -0.3 is 15.1 Å². The minimum absolute atomic E-state index is 0.0119. The highest BCUT2D eigenvalue weighted by Gasteiger charge is 2.24. The molecule has 0 saturated carbocycles. The van der Waals surface area contributed by atoms with Gasteiger partial charge in [0.15, 0.2) is 0 Å². The third-order valence-corrected chi connectivity index (χ3v) is 4.90. The number of halogens is 1. The van der Waals surface area contributed by atoms with Gasteiger partial charge in [-0.1, -0.05) is 11.6 Å². The van der Waals surface area contributed by atoms with Crippen LogP contribution in [-0.4, -0.2) is 48.0 Å². The zero-order chi connectivity index (χ0) is 20.3. The second kappa shape index (κ2) is 8.48. The largest absolute Gasteiger partial charge is 0.377 e. The van der Waals surface area contributed by atoms with Crippen LogP contribution in [-0.2, 0) is 0 Å². The molecular formula is C20H23ClN4O3. The first-order chi connectivity index (χ1) is 13.3. The summed E-state index contributed by atoms with van der Waals surface area (Å²) in [4.78, 5) is 27.5. The number of piperazine rings is 1. The van der Waals surface area contributed by atoms with Gasteiger partial charge >= 0.3 is 0 Å². The van der Waals surface area contributed by atoms with Crippen LogP contribution in [0.2, 0.25) is 5.02 Å². The Balaban J connectivity index is 1.69. The summed E-state index contributed by atoms with van der Waals surface area (Å²) in [5.41, 5.74) is 2.11. The van der Waals surface area contributed by atoms with Gasteiger partial charge in [0.1, 0.15) is 5.69 Å². The number of nitrogens with one attached hydrogen (secondary N) is 1. The molecule has 2 aromatic rings. The maximum absolute atomic E-state index is 12.6. The van der Waals surface area contributed by atoms with Crippen molar-refractivity contribution in [3.8, 4) is 0 Å². The number of anilines is 2. The minimum atomic E-state index is -0.378. The van der Waals surface area contributed by atoms with Gasteiger partial charge in [0.05, 0.1) is 4.92 Å². The van der Waals surface area contributed by atoms with Crippen molar-refractivity contribution in [3.63, 3.8) is 0 Å². The Hall–Kier alpha value is -2.80. The van der Waals surface area contributed by atoms with Crippen LogP contribution in [0.1, 0.15) is 24.2 Å². The Kier molecular flexibility index (Phi) is 6.04. The van der Waals surface area contributed by atoms with E-state index in [9.17, 15) is 14.9 Å². The average Bonchev–Trinajstić information content (AvgIpc) is 2.67. The van der Waals surface area contributed by atoms with Crippen molar-refractivity contribution in [2.24, 2.45) is 0 Å². The van der Waals surface area contributed by atoms with Crippen LogP contribution in [0.25, 0.3) is 0 Å². The van der Waals surface area contributed by atoms with Gasteiger partial charge in [-0.2, -0.15) is 0 Å². The van der Waals surface area contributed by atoms with E-state index in [1.165, 1.54) is 6.07 Å². The number of nitro groups is 1. The van der Waals surface area contributed by atoms with E-state index in [0.29, 0.717) is 42.5 Å². The van der Waals surface area contributed by atoms with Crippen molar-refractivity contribution in [2.75, 3.05) is 36.4 Å². The molecule has 1 fully saturated rings. The molecule has 1 aliphatic rings. The standard InChI is InChI=1S/C20H23ClN4O3/c1-14(2)22-18-13-17(7-8-19(18)25(27)28)23-9-11-24(12-10-23)20(26)15-3-5-16(21)6-4-15/h3-8,13-14,22H,9-12H2,1-2H3. The molecule has 1 saturated heterocycles. The average molecular weight is 403 g/mol. The predicted molar refractivity (Wildman–Crippen MR) is 111 cm³/mol. The van der Waals surface area contributed by atoms with Gasteiger partial charge in [0.2, 0.25) is 0 Å². The van der Waals surface area contributed by atoms with Crippen molar-refractivity contribution >= 4 is 34.6 Å². The number of benzene rings is 2. The number of hydrogen-bond acceptors (Lipinski definition) is 5. The van der Waals surface area contributed by atoms with E-state index in [2.05, 4.69) is 10.2 Å². The van der Waals surface area contributed by atoms with Crippen LogP contribution in [0.4, 0.5) is 17.1 Å². The molecule has 0 aliphatic carbocycles. The summed E-state index contributed by atoms with van der Waals surface area (Å²) in [6.45, 7) is 6.39. The van der Waals surface area contributed by atoms with Crippen LogP contribution in [0.15, 0.2) is 42.5 Å². The first kappa shape index (κ1) is 19.9. The highest BCUT2D eigenvalue weighted by atomic mass is 35.5. The summed E-state index contributed by atoms with van der Waals surface area (Å²) in [5, 5.41) is 15.0. The molecule has 0 unspecified atom stereocenters. The predicted octanol–water partition coefficient (Wildman–Crippen LogP) is 4.03. The Labute approximate surface area is 169 Å². The Morgan fingerprint density at radius 2 is 1.75 bits per heavy atom. The van der Waals surface area contributed by atoms with E-state index < -0.39 is 0 Å². The lowest BCUT2D eigenvalue weighted by Crippen LogP contribution is -2.48. The van der Waals surface area contributed by atoms with Gasteiger partial charge in [-0.15, -0.1) is 0 Å². The normalized spacial score (nSPS) is 14.3. The Bertz CT molecular complexity index is 862. The highest BCUT2D eigenvalue weighted by Crippen LogP contribution is 2.30. The molecule has 148 valence electrons. The lowest BCUT2D eigenvalue weighted by atomic mass is 10.1. The first-order valence-electron chi connectivity index (χ1n) is 9.20. The number of rotatable bonds is 5. The van der Waals surface area contributed by atoms with E-state index in [0.717, 1.165) is 5.69 Å². The molecule has 2 aromatic carbocycles. The van der Waals surface area contributed by atoms with Crippen molar-refractivity contribution in [1.82, 2.24) is 4.90 Å². The van der Waals surface area contributed by atoms with Gasteiger partial charge in [0, 0.05) is 54.6 Å². The summed E-state index contributed by atoms with van der Waals surface area (Å²) in [6.07, 6.45) is 0. The summed E-state index contributed by atoms with van der Waals surface area (Å²) in [7, 11) is 0. The van der Waals surface area contributed by atoms with E-state index in [4.69, 9.17) is 11.6 Å². The van der Waals surface area contributed by atoms with Crippen LogP contribution in [0.3, 0.4) is 0 Å². The summed E-state index contributed by atoms with van der Waals surface area (Å²) in [5.74, 6) is -0.0119. The lowest BCUT2D eigenvalue weighted by molar-refractivity contribution is -0.384. The fourth-order valence-electron chi connectivity index (χ4n) is 3.25. The van der Waals surface area contributed by atoms with Crippen LogP contribution in [0.5, 0.6) is 0 Å². The maximum Gasteiger partial charge on any atom is 0.292 e. The first-order valence-corrected chi connectivity index (χ1v) is 9.57. The number of hydrogen-bond donors (Lipinski definition) is 1. The van der Waals surface area contributed by atoms with Crippen LogP contribution < -0.4 is 10.2 Å². The van der Waals surface area contributed by atoms with Gasteiger partial charge in [0.25, 0.3) is 11.6 Å². The number of nitrogens with zero attached hydrogens (tertiary/aromatic N) is 3. The molecule has 8 heteroatoms. The zero-order valence-electron chi connectivity index (χ0n) is 15.9. The molecule has 0 bridgehead atoms. The quantitative estimate of drug-likeness (QED) is 0.603. The van der Waals surface area contributed by atoms with Gasteiger partial charge in [-0.25, -0.2) is 0 Å². The lowest BCUT2D eigenvalue weighted by Gasteiger charge is -2.36. The molecular weight excluding hydrogens is 380 g/mol. The molecule has 0 spiro atoms. The number of carbonyl (C=O) groups excluding carboxylic acids is 1. The van der Waals surface area contributed by atoms with E-state index >= 15 is 0 Å². The number of nitro benzene ring substituents is 1. The fourth-order valence-corrected chi connectivity index (χ4v) is 3.38. The molecule has 1 N–H and O–H groups in total. The SMILES string of the molecule is CC(C)Nc1cc(N2CCN(C(=O)c3ccc(Cl)cc3)CC2)ccc1[N+](=O)[O-]. The van der Waals surface area contributed by atoms with E-state index in [-0.39, 0.29) is 22.6 Å². The number of carbonyl (C=O) groups is 1. The molecule has 7 nitrogen and oxygen atoms in total. The summed E-state index contributed by atoms with van der Waals surface area (Å²) >= 11 is 5.89. The smallest absolute Gasteiger partial charge is 0.292 e. The van der Waals surface area contributed by atoms with Crippen molar-refractivity contribution < 1.29 is 9.72 Å². The van der Waals surface area contributed by atoms with Crippen molar-refractivity contribution in [1.29, 1.82) is 0 Å². The fraction of sp³-hybridized carbons (Fsp3) is 0.350. The topological polar surface area (TPSA) is 78.7 Å². The molecule has 0 aromatic heterocycles. The maximum atomic E-state index is 12.6. The van der Waals surface area contributed by atoms with E-state index in [1.807, 2.05) is 24.8 Å². The van der Waals surface area contributed by atoms with Crippen LogP contribution in [0, 0.1) is 10.1 Å². The molecule has 3 rings (SSSR count). The molecule has 1 amide bonds. The monoisotopic (exact) mass is 402 g/mol.